The van der Waals surface area contributed by atoms with Gasteiger partial charge in [0.2, 0.25) is 0 Å². The fourth-order valence-corrected chi connectivity index (χ4v) is 4.13. The molecule has 0 atom stereocenters. The van der Waals surface area contributed by atoms with Crippen molar-refractivity contribution in [1.29, 1.82) is 0 Å². The number of hydrogen-bond donors (Lipinski definition) is 0. The molecule has 0 aliphatic heterocycles. The molecule has 3 nitrogen and oxygen atoms in total. The van der Waals surface area contributed by atoms with E-state index in [1.807, 2.05) is 36.9 Å². The van der Waals surface area contributed by atoms with E-state index in [1.165, 1.54) is 10.1 Å². The zero-order chi connectivity index (χ0) is 15.2. The van der Waals surface area contributed by atoms with E-state index >= 15 is 0 Å². The fourth-order valence-electron chi connectivity index (χ4n) is 3.07. The van der Waals surface area contributed by atoms with Crippen LogP contribution in [0.1, 0.15) is 0 Å². The molecule has 0 fully saturated rings. The zero-order valence-corrected chi connectivity index (χ0v) is 12.9. The van der Waals surface area contributed by atoms with Crippen molar-refractivity contribution in [1.82, 2.24) is 15.0 Å². The van der Waals surface area contributed by atoms with Crippen LogP contribution in [0.4, 0.5) is 0 Å². The molecule has 5 rings (SSSR count). The average Bonchev–Trinajstić information content (AvgIpc) is 3.00. The molecular weight excluding hydrogens is 302 g/mol. The third-order valence-corrected chi connectivity index (χ3v) is 5.14. The van der Waals surface area contributed by atoms with Gasteiger partial charge in [-0.05, 0) is 18.2 Å². The predicted octanol–water partition coefficient (Wildman–Crippen LogP) is 5.06. The molecular formula is C19H11N3S. The van der Waals surface area contributed by atoms with Crippen LogP contribution in [0.25, 0.3) is 42.3 Å². The standard InChI is InChI=1S/C19H11N3S/c1-4-12-5-2-8-21-18(12)13(6-1)14-10-20-11-16-17(14)19-15(23-16)7-3-9-22-19/h1-11H. The van der Waals surface area contributed by atoms with Crippen molar-refractivity contribution in [3.63, 3.8) is 0 Å². The number of rotatable bonds is 1. The minimum Gasteiger partial charge on any atom is -0.263 e. The van der Waals surface area contributed by atoms with Crippen LogP contribution in [0.3, 0.4) is 0 Å². The molecule has 0 spiro atoms. The first kappa shape index (κ1) is 12.7. The van der Waals surface area contributed by atoms with Crippen molar-refractivity contribution in [2.45, 2.75) is 0 Å². The molecule has 0 bridgehead atoms. The van der Waals surface area contributed by atoms with Crippen LogP contribution in [-0.4, -0.2) is 15.0 Å². The normalized spacial score (nSPS) is 11.5. The molecule has 4 heterocycles. The van der Waals surface area contributed by atoms with Gasteiger partial charge in [0.15, 0.2) is 0 Å². The van der Waals surface area contributed by atoms with Gasteiger partial charge >= 0.3 is 0 Å². The first-order valence-electron chi connectivity index (χ1n) is 7.37. The molecule has 0 aliphatic carbocycles. The van der Waals surface area contributed by atoms with Crippen LogP contribution in [-0.2, 0) is 0 Å². The summed E-state index contributed by atoms with van der Waals surface area (Å²) < 4.78 is 2.34. The van der Waals surface area contributed by atoms with E-state index in [1.54, 1.807) is 11.3 Å². The van der Waals surface area contributed by atoms with Crippen molar-refractivity contribution in [2.75, 3.05) is 0 Å². The zero-order valence-electron chi connectivity index (χ0n) is 12.1. The van der Waals surface area contributed by atoms with E-state index in [0.717, 1.165) is 32.2 Å². The number of thiophene rings is 1. The molecule has 23 heavy (non-hydrogen) atoms. The van der Waals surface area contributed by atoms with Crippen molar-refractivity contribution in [2.24, 2.45) is 0 Å². The quantitative estimate of drug-likeness (QED) is 0.434. The van der Waals surface area contributed by atoms with Crippen LogP contribution < -0.4 is 0 Å². The lowest BCUT2D eigenvalue weighted by molar-refractivity contribution is 1.36. The minimum atomic E-state index is 1.000. The molecule has 108 valence electrons. The van der Waals surface area contributed by atoms with Crippen LogP contribution in [0.15, 0.2) is 67.3 Å². The Kier molecular flexibility index (Phi) is 2.66. The van der Waals surface area contributed by atoms with Gasteiger partial charge in [0.1, 0.15) is 0 Å². The number of aromatic nitrogens is 3. The lowest BCUT2D eigenvalue weighted by Gasteiger charge is -2.07. The number of nitrogens with zero attached hydrogens (tertiary/aromatic N) is 3. The van der Waals surface area contributed by atoms with Crippen LogP contribution >= 0.6 is 11.3 Å². The maximum absolute atomic E-state index is 4.60. The molecule has 0 unspecified atom stereocenters. The summed E-state index contributed by atoms with van der Waals surface area (Å²) in [5, 5.41) is 2.30. The van der Waals surface area contributed by atoms with E-state index < -0.39 is 0 Å². The second kappa shape index (κ2) is 4.83. The monoisotopic (exact) mass is 313 g/mol. The summed E-state index contributed by atoms with van der Waals surface area (Å²) in [5.74, 6) is 0. The summed E-state index contributed by atoms with van der Waals surface area (Å²) in [7, 11) is 0. The van der Waals surface area contributed by atoms with E-state index in [0.29, 0.717) is 0 Å². The molecule has 0 radical (unpaired) electrons. The number of pyridine rings is 3. The third kappa shape index (κ3) is 1.85. The molecule has 0 aliphatic rings. The Labute approximate surface area is 136 Å². The predicted molar refractivity (Wildman–Crippen MR) is 95.7 cm³/mol. The van der Waals surface area contributed by atoms with E-state index in [9.17, 15) is 0 Å². The molecule has 5 aromatic rings. The van der Waals surface area contributed by atoms with Gasteiger partial charge in [0.05, 0.1) is 20.4 Å². The molecule has 0 amide bonds. The topological polar surface area (TPSA) is 38.7 Å². The SMILES string of the molecule is c1cnc2c(-c3cncc4sc5cccnc5c34)cccc2c1. The van der Waals surface area contributed by atoms with Gasteiger partial charge in [-0.25, -0.2) is 0 Å². The molecule has 4 aromatic heterocycles. The number of benzene rings is 1. The molecule has 0 N–H and O–H groups in total. The highest BCUT2D eigenvalue weighted by Gasteiger charge is 2.14. The van der Waals surface area contributed by atoms with Crippen LogP contribution in [0.2, 0.25) is 0 Å². The first-order chi connectivity index (χ1) is 11.4. The van der Waals surface area contributed by atoms with Gasteiger partial charge in [0, 0.05) is 46.7 Å². The summed E-state index contributed by atoms with van der Waals surface area (Å²) >= 11 is 1.73. The Morgan fingerprint density at radius 3 is 2.48 bits per heavy atom. The molecule has 0 saturated heterocycles. The van der Waals surface area contributed by atoms with E-state index in [4.69, 9.17) is 0 Å². The maximum atomic E-state index is 4.60. The van der Waals surface area contributed by atoms with Gasteiger partial charge < -0.3 is 0 Å². The van der Waals surface area contributed by atoms with Crippen molar-refractivity contribution in [3.05, 3.63) is 67.3 Å². The van der Waals surface area contributed by atoms with E-state index in [2.05, 4.69) is 45.3 Å². The molecule has 4 heteroatoms. The smallest absolute Gasteiger partial charge is 0.0895 e. The Balaban J connectivity index is 1.96. The van der Waals surface area contributed by atoms with Crippen LogP contribution in [0.5, 0.6) is 0 Å². The summed E-state index contributed by atoms with van der Waals surface area (Å²) in [4.78, 5) is 13.6. The Hall–Kier alpha value is -2.85. The van der Waals surface area contributed by atoms with Crippen LogP contribution in [0, 0.1) is 0 Å². The Morgan fingerprint density at radius 2 is 1.52 bits per heavy atom. The van der Waals surface area contributed by atoms with Gasteiger partial charge in [-0.3, -0.25) is 15.0 Å². The van der Waals surface area contributed by atoms with Crippen molar-refractivity contribution < 1.29 is 0 Å². The second-order valence-electron chi connectivity index (χ2n) is 5.39. The number of hydrogen-bond acceptors (Lipinski definition) is 4. The van der Waals surface area contributed by atoms with Gasteiger partial charge in [-0.2, -0.15) is 0 Å². The number of para-hydroxylation sites is 1. The fraction of sp³-hybridized carbons (Fsp3) is 0. The lowest BCUT2D eigenvalue weighted by atomic mass is 10.0. The largest absolute Gasteiger partial charge is 0.263 e. The Morgan fingerprint density at radius 1 is 0.696 bits per heavy atom. The second-order valence-corrected chi connectivity index (χ2v) is 6.48. The minimum absolute atomic E-state index is 1.000. The highest BCUT2D eigenvalue weighted by Crippen LogP contribution is 2.39. The van der Waals surface area contributed by atoms with Gasteiger partial charge in [-0.15, -0.1) is 11.3 Å². The van der Waals surface area contributed by atoms with Crippen molar-refractivity contribution >= 4 is 42.5 Å². The Bertz CT molecular complexity index is 1170. The average molecular weight is 313 g/mol. The highest BCUT2D eigenvalue weighted by molar-refractivity contribution is 7.25. The highest BCUT2D eigenvalue weighted by atomic mass is 32.1. The molecule has 1 aromatic carbocycles. The van der Waals surface area contributed by atoms with Crippen molar-refractivity contribution in [3.8, 4) is 11.1 Å². The molecule has 0 saturated carbocycles. The van der Waals surface area contributed by atoms with Gasteiger partial charge in [0.25, 0.3) is 0 Å². The van der Waals surface area contributed by atoms with Gasteiger partial charge in [-0.1, -0.05) is 24.3 Å². The lowest BCUT2D eigenvalue weighted by Crippen LogP contribution is -1.87. The first-order valence-corrected chi connectivity index (χ1v) is 8.19. The number of fused-ring (bicyclic) bond motifs is 4. The van der Waals surface area contributed by atoms with E-state index in [-0.39, 0.29) is 0 Å². The third-order valence-electron chi connectivity index (χ3n) is 4.06. The summed E-state index contributed by atoms with van der Waals surface area (Å²) in [5.41, 5.74) is 4.24. The summed E-state index contributed by atoms with van der Waals surface area (Å²) in [6, 6.07) is 14.4. The summed E-state index contributed by atoms with van der Waals surface area (Å²) in [6.07, 6.45) is 7.53. The maximum Gasteiger partial charge on any atom is 0.0895 e. The summed E-state index contributed by atoms with van der Waals surface area (Å²) in [6.45, 7) is 0.